The number of thiophene rings is 1. The number of hydrogen-bond acceptors (Lipinski definition) is 6. The van der Waals surface area contributed by atoms with Crippen molar-refractivity contribution in [2.75, 3.05) is 26.2 Å². The van der Waals surface area contributed by atoms with Crippen molar-refractivity contribution >= 4 is 35.6 Å². The molecule has 1 fully saturated rings. The third-order valence-corrected chi connectivity index (χ3v) is 5.62. The van der Waals surface area contributed by atoms with E-state index in [0.717, 1.165) is 4.88 Å². The molecule has 0 saturated carbocycles. The maximum Gasteiger partial charge on any atom is 0.264 e. The largest absolute Gasteiger partial charge is 0.338 e. The van der Waals surface area contributed by atoms with Crippen molar-refractivity contribution in [3.63, 3.8) is 0 Å². The molecule has 1 aliphatic heterocycles. The second kappa shape index (κ2) is 9.49. The van der Waals surface area contributed by atoms with E-state index in [0.29, 0.717) is 37.8 Å². The SMILES string of the molecule is Cc1nc([C@@H](N)C(C)C)n(CC(=O)N2CCN(C(=O)c3cccs3)CC2)n1.Cl. The third kappa shape index (κ3) is 4.89. The summed E-state index contributed by atoms with van der Waals surface area (Å²) in [5.74, 6) is 1.46. The van der Waals surface area contributed by atoms with Gasteiger partial charge in [0.2, 0.25) is 5.91 Å². The van der Waals surface area contributed by atoms with Gasteiger partial charge in [0, 0.05) is 26.2 Å². The number of halogens is 1. The summed E-state index contributed by atoms with van der Waals surface area (Å²) in [4.78, 5) is 33.8. The van der Waals surface area contributed by atoms with Gasteiger partial charge in [-0.3, -0.25) is 9.59 Å². The van der Waals surface area contributed by atoms with E-state index in [9.17, 15) is 9.59 Å². The average molecular weight is 427 g/mol. The Morgan fingerprint density at radius 2 is 1.86 bits per heavy atom. The van der Waals surface area contributed by atoms with E-state index >= 15 is 0 Å². The first-order valence-corrected chi connectivity index (χ1v) is 10.0. The fourth-order valence-electron chi connectivity index (χ4n) is 3.08. The molecule has 2 aromatic rings. The Bertz CT molecular complexity index is 799. The van der Waals surface area contributed by atoms with Crippen molar-refractivity contribution in [3.8, 4) is 0 Å². The number of nitrogens with zero attached hydrogens (tertiary/aromatic N) is 5. The van der Waals surface area contributed by atoms with Crippen LogP contribution in [0.5, 0.6) is 0 Å². The third-order valence-electron chi connectivity index (χ3n) is 4.76. The topological polar surface area (TPSA) is 97.3 Å². The number of amides is 2. The summed E-state index contributed by atoms with van der Waals surface area (Å²) in [6.07, 6.45) is 0. The molecule has 2 aromatic heterocycles. The predicted molar refractivity (Wildman–Crippen MR) is 111 cm³/mol. The van der Waals surface area contributed by atoms with Gasteiger partial charge in [-0.15, -0.1) is 23.7 Å². The fourth-order valence-corrected chi connectivity index (χ4v) is 3.77. The minimum Gasteiger partial charge on any atom is -0.338 e. The molecule has 3 heterocycles. The zero-order valence-corrected chi connectivity index (χ0v) is 18.0. The number of aryl methyl sites for hydroxylation is 1. The summed E-state index contributed by atoms with van der Waals surface area (Å²) < 4.78 is 1.62. The molecular weight excluding hydrogens is 400 g/mol. The highest BCUT2D eigenvalue weighted by Crippen LogP contribution is 2.18. The Morgan fingerprint density at radius 1 is 1.21 bits per heavy atom. The molecule has 0 radical (unpaired) electrons. The second-order valence-corrected chi connectivity index (χ2v) is 8.04. The van der Waals surface area contributed by atoms with Gasteiger partial charge in [-0.25, -0.2) is 9.67 Å². The quantitative estimate of drug-likeness (QED) is 0.784. The summed E-state index contributed by atoms with van der Waals surface area (Å²) in [6.45, 7) is 8.08. The maximum atomic E-state index is 12.7. The van der Waals surface area contributed by atoms with Gasteiger partial charge in [0.05, 0.1) is 10.9 Å². The lowest BCUT2D eigenvalue weighted by atomic mass is 10.1. The molecule has 0 bridgehead atoms. The van der Waals surface area contributed by atoms with Crippen LogP contribution in [0.3, 0.4) is 0 Å². The summed E-state index contributed by atoms with van der Waals surface area (Å²) in [6, 6.07) is 3.44. The number of carbonyl (C=O) groups excluding carboxylic acids is 2. The first kappa shape index (κ1) is 22.3. The van der Waals surface area contributed by atoms with Crippen molar-refractivity contribution in [3.05, 3.63) is 34.0 Å². The van der Waals surface area contributed by atoms with Gasteiger partial charge in [0.15, 0.2) is 0 Å². The minimum absolute atomic E-state index is 0. The fraction of sp³-hybridized carbons (Fsp3) is 0.556. The molecule has 8 nitrogen and oxygen atoms in total. The van der Waals surface area contributed by atoms with Crippen LogP contribution in [0.1, 0.15) is 41.2 Å². The van der Waals surface area contributed by atoms with Crippen LogP contribution >= 0.6 is 23.7 Å². The zero-order valence-electron chi connectivity index (χ0n) is 16.4. The van der Waals surface area contributed by atoms with E-state index in [1.54, 1.807) is 21.4 Å². The number of hydrogen-bond donors (Lipinski definition) is 1. The smallest absolute Gasteiger partial charge is 0.264 e. The molecule has 1 aliphatic rings. The van der Waals surface area contributed by atoms with Crippen LogP contribution in [0.2, 0.25) is 0 Å². The van der Waals surface area contributed by atoms with Crippen molar-refractivity contribution in [2.24, 2.45) is 11.7 Å². The van der Waals surface area contributed by atoms with Gasteiger partial charge in [-0.2, -0.15) is 5.10 Å². The van der Waals surface area contributed by atoms with Gasteiger partial charge in [-0.05, 0) is 24.3 Å². The molecular formula is C18H27ClN6O2S. The van der Waals surface area contributed by atoms with E-state index in [1.807, 2.05) is 31.4 Å². The summed E-state index contributed by atoms with van der Waals surface area (Å²) >= 11 is 1.44. The Labute approximate surface area is 175 Å². The van der Waals surface area contributed by atoms with Crippen LogP contribution in [-0.4, -0.2) is 62.6 Å². The molecule has 28 heavy (non-hydrogen) atoms. The molecule has 1 atom stereocenters. The average Bonchev–Trinajstić information content (AvgIpc) is 3.30. The van der Waals surface area contributed by atoms with E-state index in [1.165, 1.54) is 11.3 Å². The van der Waals surface area contributed by atoms with Gasteiger partial charge in [0.1, 0.15) is 18.2 Å². The van der Waals surface area contributed by atoms with E-state index in [2.05, 4.69) is 10.1 Å². The van der Waals surface area contributed by atoms with Crippen molar-refractivity contribution in [1.29, 1.82) is 0 Å². The van der Waals surface area contributed by atoms with E-state index in [4.69, 9.17) is 5.73 Å². The molecule has 2 N–H and O–H groups in total. The Morgan fingerprint density at radius 3 is 2.43 bits per heavy atom. The van der Waals surface area contributed by atoms with Gasteiger partial charge in [-0.1, -0.05) is 19.9 Å². The molecule has 0 aromatic carbocycles. The monoisotopic (exact) mass is 426 g/mol. The van der Waals surface area contributed by atoms with Crippen LogP contribution in [-0.2, 0) is 11.3 Å². The normalized spacial score (nSPS) is 15.5. The highest BCUT2D eigenvalue weighted by Gasteiger charge is 2.27. The summed E-state index contributed by atoms with van der Waals surface area (Å²) in [7, 11) is 0. The second-order valence-electron chi connectivity index (χ2n) is 7.09. The Kier molecular flexibility index (Phi) is 7.56. The first-order chi connectivity index (χ1) is 12.9. The molecule has 3 rings (SSSR count). The lowest BCUT2D eigenvalue weighted by molar-refractivity contribution is -0.133. The predicted octanol–water partition coefficient (Wildman–Crippen LogP) is 1.71. The summed E-state index contributed by atoms with van der Waals surface area (Å²) in [5, 5.41) is 6.24. The number of rotatable bonds is 5. The highest BCUT2D eigenvalue weighted by molar-refractivity contribution is 7.12. The molecule has 0 spiro atoms. The number of carbonyl (C=O) groups is 2. The van der Waals surface area contributed by atoms with Gasteiger partial charge in [0.25, 0.3) is 5.91 Å². The van der Waals surface area contributed by atoms with E-state index in [-0.39, 0.29) is 42.7 Å². The van der Waals surface area contributed by atoms with Crippen LogP contribution in [0.25, 0.3) is 0 Å². The lowest BCUT2D eigenvalue weighted by Crippen LogP contribution is -2.51. The molecule has 2 amide bonds. The first-order valence-electron chi connectivity index (χ1n) is 9.14. The van der Waals surface area contributed by atoms with Crippen LogP contribution in [0.15, 0.2) is 17.5 Å². The molecule has 154 valence electrons. The molecule has 0 unspecified atom stereocenters. The highest BCUT2D eigenvalue weighted by atomic mass is 35.5. The maximum absolute atomic E-state index is 12.7. The minimum atomic E-state index is -0.265. The Hall–Kier alpha value is -1.97. The molecule has 0 aliphatic carbocycles. The number of aromatic nitrogens is 3. The lowest BCUT2D eigenvalue weighted by Gasteiger charge is -2.34. The van der Waals surface area contributed by atoms with Crippen molar-refractivity contribution < 1.29 is 9.59 Å². The number of piperazine rings is 1. The van der Waals surface area contributed by atoms with Crippen LogP contribution in [0, 0.1) is 12.8 Å². The Balaban J connectivity index is 0.00000280. The van der Waals surface area contributed by atoms with Gasteiger partial charge >= 0.3 is 0 Å². The number of nitrogens with two attached hydrogens (primary N) is 1. The van der Waals surface area contributed by atoms with Crippen LogP contribution < -0.4 is 5.73 Å². The van der Waals surface area contributed by atoms with Crippen LogP contribution in [0.4, 0.5) is 0 Å². The standard InChI is InChI=1S/C18H26N6O2S.ClH/c1-12(2)16(19)17-20-13(3)21-24(17)11-15(25)22-6-8-23(9-7-22)18(26)14-5-4-10-27-14;/h4-5,10,12,16H,6-9,11,19H2,1-3H3;1H/t16-;/m0./s1. The van der Waals surface area contributed by atoms with Crippen molar-refractivity contribution in [2.45, 2.75) is 33.4 Å². The van der Waals surface area contributed by atoms with E-state index < -0.39 is 0 Å². The summed E-state index contributed by atoms with van der Waals surface area (Å²) in [5.41, 5.74) is 6.21. The van der Waals surface area contributed by atoms with Crippen molar-refractivity contribution in [1.82, 2.24) is 24.6 Å². The van der Waals surface area contributed by atoms with Gasteiger partial charge < -0.3 is 15.5 Å². The zero-order chi connectivity index (χ0) is 19.6. The molecule has 1 saturated heterocycles. The molecule has 10 heteroatoms.